The van der Waals surface area contributed by atoms with Gasteiger partial charge < -0.3 is 4.42 Å². The van der Waals surface area contributed by atoms with Crippen molar-refractivity contribution in [2.75, 3.05) is 0 Å². The van der Waals surface area contributed by atoms with Gasteiger partial charge in [0.2, 0.25) is 5.71 Å². The second kappa shape index (κ2) is 11.6. The molecule has 0 amide bonds. The Morgan fingerprint density at radius 1 is 0.380 bits per heavy atom. The van der Waals surface area contributed by atoms with Crippen LogP contribution in [0.2, 0.25) is 0 Å². The molecule has 10 rings (SSSR count). The Kier molecular flexibility index (Phi) is 6.60. The van der Waals surface area contributed by atoms with Crippen LogP contribution in [-0.4, -0.2) is 19.9 Å². The summed E-state index contributed by atoms with van der Waals surface area (Å²) in [5.74, 6) is 0. The molecule has 0 atom stereocenters. The summed E-state index contributed by atoms with van der Waals surface area (Å²) in [4.78, 5) is 21.8. The average molecular weight is 659 g/mol. The molecule has 0 radical (unpaired) electrons. The summed E-state index contributed by atoms with van der Waals surface area (Å²) >= 11 is 1.68. The molecular weight excluding hydrogens is 633 g/mol. The zero-order valence-electron chi connectivity index (χ0n) is 26.6. The molecule has 0 N–H and O–H groups in total. The van der Waals surface area contributed by atoms with Gasteiger partial charge >= 0.3 is 0 Å². The smallest absolute Gasteiger partial charge is 0.246 e. The molecule has 0 unspecified atom stereocenters. The molecule has 0 bridgehead atoms. The van der Waals surface area contributed by atoms with Gasteiger partial charge in [0.25, 0.3) is 0 Å². The van der Waals surface area contributed by atoms with E-state index in [1.807, 2.05) is 60.7 Å². The van der Waals surface area contributed by atoms with Crippen LogP contribution in [0.1, 0.15) is 0 Å². The van der Waals surface area contributed by atoms with Crippen molar-refractivity contribution in [3.8, 4) is 56.2 Å². The lowest BCUT2D eigenvalue weighted by Gasteiger charge is -2.12. The quantitative estimate of drug-likeness (QED) is 0.184. The summed E-state index contributed by atoms with van der Waals surface area (Å²) in [6.45, 7) is 0. The van der Waals surface area contributed by atoms with Crippen molar-refractivity contribution in [2.45, 2.75) is 0 Å². The molecular formula is C44H26N4OS. The van der Waals surface area contributed by atoms with Gasteiger partial charge in [0.05, 0.1) is 17.1 Å². The van der Waals surface area contributed by atoms with Crippen molar-refractivity contribution in [1.29, 1.82) is 0 Å². The third kappa shape index (κ3) is 4.77. The van der Waals surface area contributed by atoms with Gasteiger partial charge in [-0.25, -0.2) is 19.9 Å². The van der Waals surface area contributed by atoms with Crippen LogP contribution in [0.15, 0.2) is 162 Å². The number of benzene rings is 6. The van der Waals surface area contributed by atoms with Gasteiger partial charge in [0.15, 0.2) is 0 Å². The van der Waals surface area contributed by atoms with Crippen LogP contribution >= 0.6 is 11.3 Å². The Morgan fingerprint density at radius 3 is 1.56 bits per heavy atom. The van der Waals surface area contributed by atoms with Crippen molar-refractivity contribution >= 4 is 54.0 Å². The van der Waals surface area contributed by atoms with Crippen LogP contribution in [0, 0.1) is 0 Å². The molecule has 0 aliphatic rings. The van der Waals surface area contributed by atoms with E-state index in [-0.39, 0.29) is 0 Å². The summed E-state index contributed by atoms with van der Waals surface area (Å²) in [6, 6.07) is 54.0. The highest BCUT2D eigenvalue weighted by Crippen LogP contribution is 2.39. The number of rotatable bonds is 5. The predicted octanol–water partition coefficient (Wildman–Crippen LogP) is 11.9. The minimum absolute atomic E-state index is 0.531. The van der Waals surface area contributed by atoms with E-state index in [0.717, 1.165) is 88.4 Å². The normalized spacial score (nSPS) is 11.6. The van der Waals surface area contributed by atoms with E-state index >= 15 is 0 Å². The van der Waals surface area contributed by atoms with Crippen molar-refractivity contribution in [2.24, 2.45) is 0 Å². The van der Waals surface area contributed by atoms with Crippen LogP contribution < -0.4 is 0 Å². The van der Waals surface area contributed by atoms with E-state index in [1.54, 1.807) is 11.3 Å². The number of furan rings is 1. The first-order valence-corrected chi connectivity index (χ1v) is 17.3. The molecule has 4 aromatic heterocycles. The third-order valence-electron chi connectivity index (χ3n) is 9.13. The topological polar surface area (TPSA) is 64.7 Å². The Hall–Kier alpha value is -6.50. The molecule has 0 aliphatic carbocycles. The first-order chi connectivity index (χ1) is 24.8. The molecule has 234 valence electrons. The van der Waals surface area contributed by atoms with E-state index in [4.69, 9.17) is 24.4 Å². The summed E-state index contributed by atoms with van der Waals surface area (Å²) in [5, 5.41) is 2.08. The Bertz CT molecular complexity index is 2680. The van der Waals surface area contributed by atoms with Gasteiger partial charge in [-0.3, -0.25) is 0 Å². The lowest BCUT2D eigenvalue weighted by molar-refractivity contribution is 0.653. The van der Waals surface area contributed by atoms with Crippen molar-refractivity contribution in [3.63, 3.8) is 0 Å². The number of thiophene rings is 1. The predicted molar refractivity (Wildman–Crippen MR) is 205 cm³/mol. The maximum Gasteiger partial charge on any atom is 0.246 e. The summed E-state index contributed by atoms with van der Waals surface area (Å²) in [7, 11) is 0. The molecule has 50 heavy (non-hydrogen) atoms. The molecule has 6 aromatic carbocycles. The number of nitrogens with zero attached hydrogens (tertiary/aromatic N) is 4. The van der Waals surface area contributed by atoms with E-state index in [1.165, 1.54) is 4.70 Å². The second-order valence-electron chi connectivity index (χ2n) is 12.2. The maximum absolute atomic E-state index is 6.16. The fraction of sp³-hybridized carbons (Fsp3) is 0. The first kappa shape index (κ1) is 28.5. The molecule has 5 nitrogen and oxygen atoms in total. The maximum atomic E-state index is 6.16. The highest BCUT2D eigenvalue weighted by molar-refractivity contribution is 7.25. The molecule has 4 heterocycles. The molecule has 0 spiro atoms. The van der Waals surface area contributed by atoms with Crippen LogP contribution in [-0.2, 0) is 0 Å². The Balaban J connectivity index is 1.14. The van der Waals surface area contributed by atoms with Gasteiger partial charge in [0, 0.05) is 37.7 Å². The number of para-hydroxylation sites is 1. The summed E-state index contributed by atoms with van der Waals surface area (Å²) < 4.78 is 7.34. The van der Waals surface area contributed by atoms with Gasteiger partial charge in [-0.15, -0.1) is 11.3 Å². The zero-order chi connectivity index (χ0) is 33.0. The zero-order valence-corrected chi connectivity index (χ0v) is 27.4. The fourth-order valence-corrected chi connectivity index (χ4v) is 7.75. The van der Waals surface area contributed by atoms with Crippen molar-refractivity contribution < 1.29 is 4.42 Å². The third-order valence-corrected chi connectivity index (χ3v) is 10.2. The minimum Gasteiger partial charge on any atom is -0.436 e. The van der Waals surface area contributed by atoms with Gasteiger partial charge in [0.1, 0.15) is 27.1 Å². The van der Waals surface area contributed by atoms with Crippen molar-refractivity contribution in [1.82, 2.24) is 19.9 Å². The minimum atomic E-state index is 0.531. The molecule has 0 saturated carbocycles. The highest BCUT2D eigenvalue weighted by Gasteiger charge is 2.20. The Labute approximate surface area is 291 Å². The second-order valence-corrected chi connectivity index (χ2v) is 13.3. The van der Waals surface area contributed by atoms with Crippen LogP contribution in [0.4, 0.5) is 0 Å². The lowest BCUT2D eigenvalue weighted by Crippen LogP contribution is -1.95. The summed E-state index contributed by atoms with van der Waals surface area (Å²) in [5.41, 5.74) is 12.5. The number of hydrogen-bond acceptors (Lipinski definition) is 6. The SMILES string of the molecule is c1ccc(-c2nc3oc4ccccc4c3nc2-c2cccc(-c3cccc(-c4nc5c(nc4-c4ccccc4)sc4ccccc45)c3)c2)cc1. The van der Waals surface area contributed by atoms with Crippen LogP contribution in [0.3, 0.4) is 0 Å². The highest BCUT2D eigenvalue weighted by atomic mass is 32.1. The lowest BCUT2D eigenvalue weighted by atomic mass is 9.96. The Morgan fingerprint density at radius 2 is 0.880 bits per heavy atom. The van der Waals surface area contributed by atoms with E-state index in [9.17, 15) is 0 Å². The van der Waals surface area contributed by atoms with Gasteiger partial charge in [-0.05, 0) is 41.5 Å². The standard InChI is InChI=1S/C44H26N4OS/c1-3-13-27(14-4-1)37-39(45-41-33-21-7-9-23-35(33)49-43(41)47-37)31-19-11-17-29(25-31)30-18-12-20-32(26-30)40-38(28-15-5-2-6-16-28)48-44-42(46-40)34-22-8-10-24-36(34)50-44/h1-26H. The molecule has 10 aromatic rings. The van der Waals surface area contributed by atoms with Crippen LogP contribution in [0.5, 0.6) is 0 Å². The van der Waals surface area contributed by atoms with E-state index in [0.29, 0.717) is 5.71 Å². The molecule has 6 heteroatoms. The van der Waals surface area contributed by atoms with Crippen LogP contribution in [0.25, 0.3) is 98.8 Å². The van der Waals surface area contributed by atoms with Crippen molar-refractivity contribution in [3.05, 3.63) is 158 Å². The largest absolute Gasteiger partial charge is 0.436 e. The summed E-state index contributed by atoms with van der Waals surface area (Å²) in [6.07, 6.45) is 0. The monoisotopic (exact) mass is 658 g/mol. The molecule has 0 aliphatic heterocycles. The number of hydrogen-bond donors (Lipinski definition) is 0. The number of fused-ring (bicyclic) bond motifs is 6. The average Bonchev–Trinajstić information content (AvgIpc) is 3.75. The fourth-order valence-electron chi connectivity index (χ4n) is 6.73. The first-order valence-electron chi connectivity index (χ1n) is 16.5. The molecule has 0 fully saturated rings. The molecule has 0 saturated heterocycles. The van der Waals surface area contributed by atoms with Gasteiger partial charge in [-0.2, -0.15) is 0 Å². The van der Waals surface area contributed by atoms with E-state index in [2.05, 4.69) is 97.1 Å². The van der Waals surface area contributed by atoms with Gasteiger partial charge in [-0.1, -0.05) is 127 Å². The number of aromatic nitrogens is 4. The van der Waals surface area contributed by atoms with E-state index < -0.39 is 0 Å².